The lowest BCUT2D eigenvalue weighted by Crippen LogP contribution is -2.57. The van der Waals surface area contributed by atoms with Crippen LogP contribution in [0.15, 0.2) is 66.7 Å². The number of rotatable bonds is 5. The topological polar surface area (TPSA) is 54.8 Å². The van der Waals surface area contributed by atoms with E-state index >= 15 is 0 Å². The molecule has 3 aromatic carbocycles. The molecule has 6 nitrogen and oxygen atoms in total. The molecule has 190 valence electrons. The Balaban J connectivity index is 1.16. The van der Waals surface area contributed by atoms with Gasteiger partial charge in [0.15, 0.2) is 0 Å². The van der Waals surface area contributed by atoms with Gasteiger partial charge >= 0.3 is 0 Å². The lowest BCUT2D eigenvalue weighted by molar-refractivity contribution is -0.140. The highest BCUT2D eigenvalue weighted by Crippen LogP contribution is 2.33. The molecule has 2 aliphatic rings. The number of ether oxygens (including phenoxy) is 1. The maximum absolute atomic E-state index is 13.6. The number of amides is 2. The summed E-state index contributed by atoms with van der Waals surface area (Å²) in [5.74, 6) is 1.51. The van der Waals surface area contributed by atoms with Gasteiger partial charge in [0.25, 0.3) is 5.91 Å². The van der Waals surface area contributed by atoms with Gasteiger partial charge in [0, 0.05) is 66.5 Å². The van der Waals surface area contributed by atoms with Crippen molar-refractivity contribution in [3.05, 3.63) is 77.9 Å². The van der Waals surface area contributed by atoms with E-state index in [9.17, 15) is 9.59 Å². The lowest BCUT2D eigenvalue weighted by Gasteiger charge is -2.47. The van der Waals surface area contributed by atoms with Crippen LogP contribution in [0.3, 0.4) is 0 Å². The Morgan fingerprint density at radius 2 is 1.76 bits per heavy atom. The number of benzene rings is 3. The Hall–Kier alpha value is -3.80. The van der Waals surface area contributed by atoms with Gasteiger partial charge < -0.3 is 19.1 Å². The summed E-state index contributed by atoms with van der Waals surface area (Å²) < 4.78 is 7.44. The molecule has 0 N–H and O–H groups in total. The van der Waals surface area contributed by atoms with Gasteiger partial charge in [-0.15, -0.1) is 0 Å². The molecule has 2 fully saturated rings. The molecule has 37 heavy (non-hydrogen) atoms. The second-order valence-electron chi connectivity index (χ2n) is 10.4. The highest BCUT2D eigenvalue weighted by molar-refractivity contribution is 6.10. The van der Waals surface area contributed by atoms with E-state index < -0.39 is 0 Å². The molecule has 0 radical (unpaired) electrons. The highest BCUT2D eigenvalue weighted by Gasteiger charge is 2.40. The summed E-state index contributed by atoms with van der Waals surface area (Å²) in [6, 6.07) is 22.7. The Bertz CT molecular complexity index is 1470. The number of likely N-dealkylation sites (tertiary alicyclic amines) is 2. The molecule has 2 aliphatic heterocycles. The minimum absolute atomic E-state index is 0.0926. The van der Waals surface area contributed by atoms with E-state index in [4.69, 9.17) is 4.74 Å². The van der Waals surface area contributed by atoms with Crippen LogP contribution in [-0.4, -0.2) is 59.0 Å². The van der Waals surface area contributed by atoms with Crippen molar-refractivity contribution in [2.24, 2.45) is 13.0 Å². The summed E-state index contributed by atoms with van der Waals surface area (Å²) in [7, 11) is 3.74. The molecule has 2 atom stereocenters. The van der Waals surface area contributed by atoms with Crippen molar-refractivity contribution in [2.45, 2.75) is 31.7 Å². The van der Waals surface area contributed by atoms with Crippen LogP contribution < -0.4 is 4.74 Å². The van der Waals surface area contributed by atoms with E-state index in [1.165, 1.54) is 16.5 Å². The van der Waals surface area contributed by atoms with E-state index in [1.54, 1.807) is 7.11 Å². The number of piperidine rings is 2. The van der Waals surface area contributed by atoms with Crippen molar-refractivity contribution in [3.8, 4) is 5.75 Å². The fourth-order valence-electron chi connectivity index (χ4n) is 6.35. The number of aryl methyl sites for hydroxylation is 1. The quantitative estimate of drug-likeness (QED) is 0.390. The molecular formula is C31H33N3O3. The minimum atomic E-state index is 0.0926. The predicted octanol–water partition coefficient (Wildman–Crippen LogP) is 5.04. The van der Waals surface area contributed by atoms with Gasteiger partial charge in [0.1, 0.15) is 5.75 Å². The summed E-state index contributed by atoms with van der Waals surface area (Å²) in [6.45, 7) is 2.11. The molecule has 0 aliphatic carbocycles. The number of carbonyl (C=O) groups excluding carboxylic acids is 2. The fraction of sp³-hybridized carbons (Fsp3) is 0.355. The second kappa shape index (κ2) is 9.58. The molecule has 4 aromatic rings. The van der Waals surface area contributed by atoms with E-state index in [0.717, 1.165) is 48.0 Å². The van der Waals surface area contributed by atoms with Gasteiger partial charge in [-0.3, -0.25) is 9.59 Å². The molecule has 2 saturated heterocycles. The monoisotopic (exact) mass is 495 g/mol. The van der Waals surface area contributed by atoms with Crippen LogP contribution >= 0.6 is 0 Å². The predicted molar refractivity (Wildman–Crippen MR) is 146 cm³/mol. The molecule has 6 heteroatoms. The van der Waals surface area contributed by atoms with Gasteiger partial charge in [-0.05, 0) is 67.1 Å². The Morgan fingerprint density at radius 1 is 0.973 bits per heavy atom. The zero-order valence-corrected chi connectivity index (χ0v) is 21.5. The Morgan fingerprint density at radius 3 is 2.57 bits per heavy atom. The maximum Gasteiger partial charge on any atom is 0.253 e. The highest BCUT2D eigenvalue weighted by atomic mass is 16.5. The minimum Gasteiger partial charge on any atom is -0.497 e. The fourth-order valence-corrected chi connectivity index (χ4v) is 6.35. The average Bonchev–Trinajstić information content (AvgIpc) is 3.23. The normalized spacial score (nSPS) is 19.9. The van der Waals surface area contributed by atoms with Gasteiger partial charge in [-0.1, -0.05) is 30.3 Å². The number of fused-ring (bicyclic) bond motifs is 4. The molecule has 2 amide bonds. The number of nitrogens with zero attached hydrogens (tertiary/aromatic N) is 3. The van der Waals surface area contributed by atoms with E-state index in [2.05, 4.69) is 52.9 Å². The Kier molecular flexibility index (Phi) is 6.11. The maximum atomic E-state index is 13.6. The number of para-hydroxylation sites is 1. The summed E-state index contributed by atoms with van der Waals surface area (Å²) in [5, 5.41) is 2.29. The van der Waals surface area contributed by atoms with Crippen molar-refractivity contribution in [1.29, 1.82) is 0 Å². The zero-order valence-electron chi connectivity index (χ0n) is 21.5. The number of carbonyl (C=O) groups is 2. The molecule has 1 aromatic heterocycles. The Labute approximate surface area is 217 Å². The standard InChI is InChI=1S/C31H33N3O3/c1-32-28-6-4-3-5-25(28)26-19-22(9-13-29(26)32)31(36)33-17-16-27-23(20-33)10-14-30(35)34(27)18-15-21-7-11-24(37-2)12-8-21/h3-9,11-13,19,23,27H,10,14-18,20H2,1-2H3/t23-,27+/m1/s1. The molecular weight excluding hydrogens is 462 g/mol. The van der Waals surface area contributed by atoms with Crippen molar-refractivity contribution in [3.63, 3.8) is 0 Å². The number of hydrogen-bond acceptors (Lipinski definition) is 3. The molecule has 6 rings (SSSR count). The van der Waals surface area contributed by atoms with Crippen LogP contribution in [0, 0.1) is 5.92 Å². The first-order chi connectivity index (χ1) is 18.0. The van der Waals surface area contributed by atoms with Crippen molar-refractivity contribution < 1.29 is 14.3 Å². The first-order valence-electron chi connectivity index (χ1n) is 13.2. The van der Waals surface area contributed by atoms with Crippen LogP contribution in [0.2, 0.25) is 0 Å². The third kappa shape index (κ3) is 4.24. The molecule has 0 spiro atoms. The van der Waals surface area contributed by atoms with Crippen molar-refractivity contribution in [2.75, 3.05) is 26.7 Å². The molecule has 0 bridgehead atoms. The van der Waals surface area contributed by atoms with E-state index in [-0.39, 0.29) is 17.9 Å². The largest absolute Gasteiger partial charge is 0.497 e. The molecule has 3 heterocycles. The van der Waals surface area contributed by atoms with Gasteiger partial charge in [0.2, 0.25) is 5.91 Å². The van der Waals surface area contributed by atoms with Crippen molar-refractivity contribution in [1.82, 2.24) is 14.4 Å². The van der Waals surface area contributed by atoms with Gasteiger partial charge in [-0.2, -0.15) is 0 Å². The van der Waals surface area contributed by atoms with Crippen molar-refractivity contribution >= 4 is 33.6 Å². The number of hydrogen-bond donors (Lipinski definition) is 0. The first kappa shape index (κ1) is 23.6. The smallest absolute Gasteiger partial charge is 0.253 e. The summed E-state index contributed by atoms with van der Waals surface area (Å²) in [5.41, 5.74) is 4.25. The van der Waals surface area contributed by atoms with Gasteiger partial charge in [0.05, 0.1) is 7.11 Å². The van der Waals surface area contributed by atoms with Crippen LogP contribution in [-0.2, 0) is 18.3 Å². The molecule has 0 saturated carbocycles. The average molecular weight is 496 g/mol. The van der Waals surface area contributed by atoms with Crippen LogP contribution in [0.5, 0.6) is 5.75 Å². The molecule has 0 unspecified atom stereocenters. The second-order valence-corrected chi connectivity index (χ2v) is 10.4. The first-order valence-corrected chi connectivity index (χ1v) is 13.2. The van der Waals surface area contributed by atoms with E-state index in [0.29, 0.717) is 25.4 Å². The summed E-state index contributed by atoms with van der Waals surface area (Å²) in [6.07, 6.45) is 3.08. The van der Waals surface area contributed by atoms with E-state index in [1.807, 2.05) is 35.2 Å². The zero-order chi connectivity index (χ0) is 25.5. The SMILES string of the molecule is COc1ccc(CCN2C(=O)CC[C@@H]3CN(C(=O)c4ccc5c(c4)c4ccccc4n5C)CC[C@@H]32)cc1. The summed E-state index contributed by atoms with van der Waals surface area (Å²) >= 11 is 0. The third-order valence-corrected chi connectivity index (χ3v) is 8.39. The number of methoxy groups -OCH3 is 1. The van der Waals surface area contributed by atoms with Crippen LogP contribution in [0.1, 0.15) is 35.2 Å². The third-order valence-electron chi connectivity index (χ3n) is 8.39. The van der Waals surface area contributed by atoms with Crippen LogP contribution in [0.4, 0.5) is 0 Å². The van der Waals surface area contributed by atoms with Crippen LogP contribution in [0.25, 0.3) is 21.8 Å². The summed E-state index contributed by atoms with van der Waals surface area (Å²) in [4.78, 5) is 30.6. The lowest BCUT2D eigenvalue weighted by atomic mass is 9.83. The number of aromatic nitrogens is 1. The van der Waals surface area contributed by atoms with Gasteiger partial charge in [-0.25, -0.2) is 0 Å².